The molecule has 2 N–H and O–H groups in total. The molecular weight excluding hydrogens is 448 g/mol. The van der Waals surface area contributed by atoms with Crippen LogP contribution >= 0.6 is 0 Å². The summed E-state index contributed by atoms with van der Waals surface area (Å²) < 4.78 is 0. The van der Waals surface area contributed by atoms with Crippen LogP contribution in [0.3, 0.4) is 0 Å². The fourth-order valence-corrected chi connectivity index (χ4v) is 5.80. The topological polar surface area (TPSA) is 69.6 Å². The van der Waals surface area contributed by atoms with E-state index in [4.69, 9.17) is 0 Å². The van der Waals surface area contributed by atoms with Crippen LogP contribution in [0.2, 0.25) is 0 Å². The largest absolute Gasteiger partial charge is 0.393 e. The highest BCUT2D eigenvalue weighted by atomic mass is 16.3. The van der Waals surface area contributed by atoms with Crippen molar-refractivity contribution in [1.82, 2.24) is 10.2 Å². The number of nitrogens with one attached hydrogen (secondary N) is 1. The van der Waals surface area contributed by atoms with Crippen LogP contribution in [0, 0.1) is 0 Å². The summed E-state index contributed by atoms with van der Waals surface area (Å²) in [4.78, 5) is 27.9. The van der Waals surface area contributed by atoms with Crippen molar-refractivity contribution < 1.29 is 14.7 Å². The minimum Gasteiger partial charge on any atom is -0.393 e. The highest BCUT2D eigenvalue weighted by Crippen LogP contribution is 2.25. The zero-order valence-electron chi connectivity index (χ0n) is 23.4. The third kappa shape index (κ3) is 13.3. The molecule has 0 radical (unpaired) electrons. The van der Waals surface area contributed by atoms with Crippen molar-refractivity contribution in [2.45, 2.75) is 173 Å². The van der Waals surface area contributed by atoms with Crippen molar-refractivity contribution in [3.63, 3.8) is 0 Å². The van der Waals surface area contributed by atoms with Gasteiger partial charge in [0, 0.05) is 18.5 Å². The summed E-state index contributed by atoms with van der Waals surface area (Å²) in [7, 11) is 0. The molecule has 0 aliphatic heterocycles. The van der Waals surface area contributed by atoms with Gasteiger partial charge >= 0.3 is 6.03 Å². The second kappa shape index (κ2) is 19.7. The van der Waals surface area contributed by atoms with Gasteiger partial charge in [-0.05, 0) is 64.2 Å². The zero-order chi connectivity index (χ0) is 25.8. The third-order valence-electron chi connectivity index (χ3n) is 8.10. The van der Waals surface area contributed by atoms with Gasteiger partial charge in [0.25, 0.3) is 0 Å². The molecule has 0 heterocycles. The maximum Gasteiger partial charge on any atom is 0.324 e. The number of aliphatic hydroxyl groups is 1. The molecule has 5 heteroatoms. The molecule has 36 heavy (non-hydrogen) atoms. The van der Waals surface area contributed by atoms with Crippen LogP contribution in [0.25, 0.3) is 0 Å². The molecule has 1 atom stereocenters. The van der Waals surface area contributed by atoms with Crippen molar-refractivity contribution in [2.75, 3.05) is 0 Å². The zero-order valence-corrected chi connectivity index (χ0v) is 23.4. The maximum absolute atomic E-state index is 13.1. The Kier molecular flexibility index (Phi) is 16.9. The van der Waals surface area contributed by atoms with E-state index < -0.39 is 0 Å². The Labute approximate surface area is 221 Å². The van der Waals surface area contributed by atoms with Crippen LogP contribution in [-0.4, -0.2) is 40.1 Å². The standard InChI is InChI=1S/C31H56N2O3/c1-2-3-4-5-6-8-17-24-29(34)25-18-9-7-10-19-26-30(35)33(28-22-15-12-16-23-28)31(36)32-27-20-13-11-14-21-27/h6,8,27-29,34H,2-5,7,9-26H2,1H3,(H,32,36)/b8-6-/t29-/m0/s1. The lowest BCUT2D eigenvalue weighted by molar-refractivity contribution is -0.130. The van der Waals surface area contributed by atoms with Gasteiger partial charge in [-0.25, -0.2) is 4.79 Å². The van der Waals surface area contributed by atoms with E-state index in [2.05, 4.69) is 24.4 Å². The minimum absolute atomic E-state index is 0.0216. The van der Waals surface area contributed by atoms with Gasteiger partial charge in [-0.2, -0.15) is 0 Å². The number of aliphatic hydroxyl groups excluding tert-OH is 1. The van der Waals surface area contributed by atoms with Gasteiger partial charge in [-0.3, -0.25) is 9.69 Å². The lowest BCUT2D eigenvalue weighted by Gasteiger charge is -2.34. The predicted octanol–water partition coefficient (Wildman–Crippen LogP) is 8.20. The molecule has 3 amide bonds. The molecule has 2 fully saturated rings. The van der Waals surface area contributed by atoms with Crippen LogP contribution in [0.1, 0.15) is 155 Å². The lowest BCUT2D eigenvalue weighted by atomic mass is 9.93. The van der Waals surface area contributed by atoms with Crippen LogP contribution < -0.4 is 5.32 Å². The number of hydrogen-bond donors (Lipinski definition) is 2. The van der Waals surface area contributed by atoms with Gasteiger partial charge in [0.05, 0.1) is 6.10 Å². The van der Waals surface area contributed by atoms with E-state index in [0.717, 1.165) is 96.3 Å². The molecule has 2 rings (SSSR count). The summed E-state index contributed by atoms with van der Waals surface area (Å²) in [6.07, 6.45) is 28.7. The average molecular weight is 505 g/mol. The molecule has 2 aliphatic rings. The number of unbranched alkanes of at least 4 members (excludes halogenated alkanes) is 7. The SMILES string of the molecule is CCCCC/C=C\CC[C@H](O)CCCCCCCC(=O)N(C(=O)NC1CCCCC1)C1CCCCC1. The molecule has 0 unspecified atom stereocenters. The summed E-state index contributed by atoms with van der Waals surface area (Å²) >= 11 is 0. The van der Waals surface area contributed by atoms with Crippen molar-refractivity contribution >= 4 is 11.9 Å². The summed E-state index contributed by atoms with van der Waals surface area (Å²) in [6.45, 7) is 2.23. The Balaban J connectivity index is 1.59. The van der Waals surface area contributed by atoms with Crippen LogP contribution in [0.5, 0.6) is 0 Å². The number of imide groups is 1. The first-order valence-electron chi connectivity index (χ1n) is 15.6. The van der Waals surface area contributed by atoms with E-state index in [1.807, 2.05) is 0 Å². The molecule has 0 saturated heterocycles. The fraction of sp³-hybridized carbons (Fsp3) is 0.871. The molecule has 2 aliphatic carbocycles. The van der Waals surface area contributed by atoms with E-state index in [0.29, 0.717) is 6.42 Å². The highest BCUT2D eigenvalue weighted by molar-refractivity contribution is 5.95. The minimum atomic E-state index is -0.196. The first-order valence-corrected chi connectivity index (χ1v) is 15.6. The summed E-state index contributed by atoms with van der Waals surface area (Å²) in [6, 6.07) is 0.188. The Hall–Kier alpha value is -1.36. The van der Waals surface area contributed by atoms with Gasteiger partial charge in [0.2, 0.25) is 5.91 Å². The maximum atomic E-state index is 13.1. The Morgan fingerprint density at radius 3 is 2.17 bits per heavy atom. The number of hydrogen-bond acceptors (Lipinski definition) is 3. The molecule has 208 valence electrons. The highest BCUT2D eigenvalue weighted by Gasteiger charge is 2.31. The van der Waals surface area contributed by atoms with Crippen LogP contribution in [0.15, 0.2) is 12.2 Å². The van der Waals surface area contributed by atoms with Gasteiger partial charge in [-0.15, -0.1) is 0 Å². The van der Waals surface area contributed by atoms with Gasteiger partial charge in [0.15, 0.2) is 0 Å². The number of urea groups is 1. The molecule has 0 aromatic rings. The Morgan fingerprint density at radius 1 is 0.806 bits per heavy atom. The molecule has 0 spiro atoms. The summed E-state index contributed by atoms with van der Waals surface area (Å²) in [5, 5.41) is 13.4. The molecule has 0 aromatic carbocycles. The fourth-order valence-electron chi connectivity index (χ4n) is 5.80. The Morgan fingerprint density at radius 2 is 1.44 bits per heavy atom. The van der Waals surface area contributed by atoms with Crippen LogP contribution in [-0.2, 0) is 4.79 Å². The van der Waals surface area contributed by atoms with Crippen molar-refractivity contribution in [3.05, 3.63) is 12.2 Å². The van der Waals surface area contributed by atoms with Crippen LogP contribution in [0.4, 0.5) is 4.79 Å². The smallest absolute Gasteiger partial charge is 0.324 e. The molecule has 5 nitrogen and oxygen atoms in total. The first-order chi connectivity index (χ1) is 17.6. The van der Waals surface area contributed by atoms with Gasteiger partial charge in [-0.1, -0.05) is 96.1 Å². The number of amides is 3. The normalized spacial score (nSPS) is 18.4. The van der Waals surface area contributed by atoms with E-state index in [9.17, 15) is 14.7 Å². The third-order valence-corrected chi connectivity index (χ3v) is 8.10. The van der Waals surface area contributed by atoms with E-state index in [1.54, 1.807) is 4.90 Å². The molecule has 0 aromatic heterocycles. The number of nitrogens with zero attached hydrogens (tertiary/aromatic N) is 1. The monoisotopic (exact) mass is 504 g/mol. The number of carbonyl (C=O) groups is 2. The molecule has 2 saturated carbocycles. The number of carbonyl (C=O) groups excluding carboxylic acids is 2. The number of rotatable bonds is 17. The van der Waals surface area contributed by atoms with Gasteiger partial charge in [0.1, 0.15) is 0 Å². The van der Waals surface area contributed by atoms with E-state index >= 15 is 0 Å². The quantitative estimate of drug-likeness (QED) is 0.155. The lowest BCUT2D eigenvalue weighted by Crippen LogP contribution is -2.52. The van der Waals surface area contributed by atoms with Crippen molar-refractivity contribution in [3.8, 4) is 0 Å². The van der Waals surface area contributed by atoms with E-state index in [-0.39, 0.29) is 30.1 Å². The first kappa shape index (κ1) is 30.9. The molecule has 0 bridgehead atoms. The summed E-state index contributed by atoms with van der Waals surface area (Å²) in [5.41, 5.74) is 0. The second-order valence-electron chi connectivity index (χ2n) is 11.3. The van der Waals surface area contributed by atoms with Crippen molar-refractivity contribution in [1.29, 1.82) is 0 Å². The average Bonchev–Trinajstić information content (AvgIpc) is 2.89. The van der Waals surface area contributed by atoms with Gasteiger partial charge < -0.3 is 10.4 Å². The Bertz CT molecular complexity index is 609. The second-order valence-corrected chi connectivity index (χ2v) is 11.3. The summed E-state index contributed by atoms with van der Waals surface area (Å²) in [5.74, 6) is 0.0216. The predicted molar refractivity (Wildman–Crippen MR) is 150 cm³/mol. The van der Waals surface area contributed by atoms with Crippen molar-refractivity contribution in [2.24, 2.45) is 0 Å². The van der Waals surface area contributed by atoms with E-state index in [1.165, 1.54) is 44.9 Å². The molecular formula is C31H56N2O3. The number of allylic oxidation sites excluding steroid dienone is 2.